The number of ether oxygens (including phenoxy) is 2. The normalized spacial score (nSPS) is 16.3. The number of likely N-dealkylation sites (N-methyl/N-ethyl adjacent to an activating group) is 1. The minimum atomic E-state index is -0.978. The Labute approximate surface area is 221 Å². The predicted molar refractivity (Wildman–Crippen MR) is 140 cm³/mol. The van der Waals surface area contributed by atoms with Gasteiger partial charge in [0.2, 0.25) is 0 Å². The highest BCUT2D eigenvalue weighted by Crippen LogP contribution is 2.33. The lowest BCUT2D eigenvalue weighted by atomic mass is 10.0. The number of hydrogen-bond acceptors (Lipinski definition) is 10. The van der Waals surface area contributed by atoms with Gasteiger partial charge in [0.15, 0.2) is 5.82 Å². The van der Waals surface area contributed by atoms with Gasteiger partial charge in [-0.05, 0) is 40.0 Å². The van der Waals surface area contributed by atoms with E-state index in [2.05, 4.69) is 15.8 Å². The fourth-order valence-corrected chi connectivity index (χ4v) is 4.38. The van der Waals surface area contributed by atoms with Crippen LogP contribution in [0.25, 0.3) is 22.6 Å². The predicted octanol–water partition coefficient (Wildman–Crippen LogP) is 2.47. The van der Waals surface area contributed by atoms with E-state index in [-0.39, 0.29) is 12.6 Å². The molecule has 1 amide bonds. The van der Waals surface area contributed by atoms with E-state index in [9.17, 15) is 15.0 Å². The highest BCUT2D eigenvalue weighted by atomic mass is 16.5. The van der Waals surface area contributed by atoms with E-state index in [4.69, 9.17) is 24.0 Å². The summed E-state index contributed by atoms with van der Waals surface area (Å²) in [7, 11) is 1.77. The number of aryl methyl sites for hydroxylation is 2. The average Bonchev–Trinajstić information content (AvgIpc) is 3.24. The Hall–Kier alpha value is -3.74. The Bertz CT molecular complexity index is 1250. The van der Waals surface area contributed by atoms with Gasteiger partial charge in [0.05, 0.1) is 36.2 Å². The first-order chi connectivity index (χ1) is 18.3. The van der Waals surface area contributed by atoms with Gasteiger partial charge in [-0.15, -0.1) is 0 Å². The lowest BCUT2D eigenvalue weighted by Crippen LogP contribution is -2.51. The fraction of sp³-hybridized carbons (Fsp3) is 0.462. The second kappa shape index (κ2) is 12.2. The number of aliphatic hydroxyl groups excluding tert-OH is 1. The van der Waals surface area contributed by atoms with Crippen LogP contribution in [0.3, 0.4) is 0 Å². The zero-order chi connectivity index (χ0) is 27.2. The summed E-state index contributed by atoms with van der Waals surface area (Å²) in [6.45, 7) is 7.46. The Morgan fingerprint density at radius 1 is 1.29 bits per heavy atom. The molecule has 4 N–H and O–H groups in total. The van der Waals surface area contributed by atoms with Crippen molar-refractivity contribution in [3.05, 3.63) is 41.3 Å². The molecule has 0 radical (unpaired) electrons. The summed E-state index contributed by atoms with van der Waals surface area (Å²) in [5, 5.41) is 29.9. The SMILES string of the molecule is CNCC(O)COc1cccc(-c2nc(NCC3COCCN3C(=O)O)c(C)c(-c3c(C)noc3C)n2)c1. The molecule has 0 spiro atoms. The van der Waals surface area contributed by atoms with Gasteiger partial charge in [-0.2, -0.15) is 0 Å². The summed E-state index contributed by atoms with van der Waals surface area (Å²) in [4.78, 5) is 22.8. The van der Waals surface area contributed by atoms with Crippen LogP contribution in [0.5, 0.6) is 5.75 Å². The molecular formula is C26H34N6O6. The Balaban J connectivity index is 1.68. The summed E-state index contributed by atoms with van der Waals surface area (Å²) < 4.78 is 16.7. The smallest absolute Gasteiger partial charge is 0.407 e. The quantitative estimate of drug-likeness (QED) is 0.308. The number of anilines is 1. The van der Waals surface area contributed by atoms with Crippen molar-refractivity contribution in [2.45, 2.75) is 32.9 Å². The van der Waals surface area contributed by atoms with E-state index >= 15 is 0 Å². The third-order valence-electron chi connectivity index (χ3n) is 6.37. The standard InChI is InChI=1S/C26H34N6O6/c1-15-23(22-16(2)31-38-17(22)3)29-25(18-6-5-7-21(10-18)37-14-20(33)12-27-4)30-24(15)28-11-19-13-36-9-8-32(19)26(34)35/h5-7,10,19-20,27,33H,8-9,11-14H2,1-4H3,(H,34,35)(H,28,29,30). The molecule has 1 aliphatic rings. The first-order valence-electron chi connectivity index (χ1n) is 12.5. The zero-order valence-corrected chi connectivity index (χ0v) is 22.0. The van der Waals surface area contributed by atoms with Gasteiger partial charge in [-0.1, -0.05) is 17.3 Å². The first kappa shape index (κ1) is 27.3. The minimum Gasteiger partial charge on any atom is -0.491 e. The number of benzene rings is 1. The molecular weight excluding hydrogens is 492 g/mol. The molecule has 38 heavy (non-hydrogen) atoms. The number of nitrogens with zero attached hydrogens (tertiary/aromatic N) is 4. The van der Waals surface area contributed by atoms with Crippen molar-refractivity contribution < 1.29 is 29.0 Å². The molecule has 0 aliphatic carbocycles. The summed E-state index contributed by atoms with van der Waals surface area (Å²) in [6.07, 6.45) is -1.62. The van der Waals surface area contributed by atoms with Crippen molar-refractivity contribution in [1.82, 2.24) is 25.3 Å². The van der Waals surface area contributed by atoms with Crippen LogP contribution in [0.1, 0.15) is 17.0 Å². The molecule has 3 heterocycles. The minimum absolute atomic E-state index is 0.139. The lowest BCUT2D eigenvalue weighted by molar-refractivity contribution is 0.00443. The maximum atomic E-state index is 11.7. The van der Waals surface area contributed by atoms with Crippen LogP contribution in [-0.2, 0) is 4.74 Å². The van der Waals surface area contributed by atoms with Gasteiger partial charge in [0.1, 0.15) is 30.0 Å². The molecule has 2 unspecified atom stereocenters. The van der Waals surface area contributed by atoms with E-state index in [1.807, 2.05) is 45.0 Å². The van der Waals surface area contributed by atoms with E-state index in [1.54, 1.807) is 7.05 Å². The van der Waals surface area contributed by atoms with Gasteiger partial charge < -0.3 is 34.8 Å². The Morgan fingerprint density at radius 2 is 2.11 bits per heavy atom. The zero-order valence-electron chi connectivity index (χ0n) is 22.0. The highest BCUT2D eigenvalue weighted by Gasteiger charge is 2.28. The number of aromatic nitrogens is 3. The maximum Gasteiger partial charge on any atom is 0.407 e. The summed E-state index contributed by atoms with van der Waals surface area (Å²) in [5.74, 6) is 2.22. The molecule has 0 bridgehead atoms. The number of rotatable bonds is 10. The molecule has 2 aromatic heterocycles. The molecule has 1 aliphatic heterocycles. The monoisotopic (exact) mass is 526 g/mol. The van der Waals surface area contributed by atoms with Crippen molar-refractivity contribution in [2.75, 3.05) is 51.8 Å². The van der Waals surface area contributed by atoms with Crippen LogP contribution in [-0.4, -0.2) is 95.0 Å². The number of nitrogens with one attached hydrogen (secondary N) is 2. The topological polar surface area (TPSA) is 155 Å². The van der Waals surface area contributed by atoms with E-state index in [0.29, 0.717) is 67.4 Å². The van der Waals surface area contributed by atoms with Crippen LogP contribution in [0.2, 0.25) is 0 Å². The van der Waals surface area contributed by atoms with E-state index in [1.165, 1.54) is 4.90 Å². The van der Waals surface area contributed by atoms with Crippen LogP contribution in [0.15, 0.2) is 28.8 Å². The summed E-state index contributed by atoms with van der Waals surface area (Å²) in [6, 6.07) is 6.98. The Morgan fingerprint density at radius 3 is 2.82 bits per heavy atom. The van der Waals surface area contributed by atoms with Crippen molar-refractivity contribution in [1.29, 1.82) is 0 Å². The molecule has 12 heteroatoms. The van der Waals surface area contributed by atoms with Crippen LogP contribution < -0.4 is 15.4 Å². The molecule has 3 aromatic rings. The number of morpholine rings is 1. The summed E-state index contributed by atoms with van der Waals surface area (Å²) >= 11 is 0. The molecule has 1 aromatic carbocycles. The number of amides is 1. The van der Waals surface area contributed by atoms with Gasteiger partial charge in [0.25, 0.3) is 0 Å². The van der Waals surface area contributed by atoms with Gasteiger partial charge in [-0.3, -0.25) is 4.90 Å². The highest BCUT2D eigenvalue weighted by molar-refractivity contribution is 5.74. The lowest BCUT2D eigenvalue weighted by Gasteiger charge is -2.33. The molecule has 1 saturated heterocycles. The molecule has 204 valence electrons. The fourth-order valence-electron chi connectivity index (χ4n) is 4.38. The second-order valence-corrected chi connectivity index (χ2v) is 9.20. The van der Waals surface area contributed by atoms with Crippen molar-refractivity contribution >= 4 is 11.9 Å². The number of aliphatic hydroxyl groups is 1. The van der Waals surface area contributed by atoms with Gasteiger partial charge in [0, 0.05) is 30.8 Å². The first-order valence-corrected chi connectivity index (χ1v) is 12.5. The molecule has 12 nitrogen and oxygen atoms in total. The average molecular weight is 527 g/mol. The molecule has 2 atom stereocenters. The van der Waals surface area contributed by atoms with Gasteiger partial charge >= 0.3 is 6.09 Å². The third-order valence-corrected chi connectivity index (χ3v) is 6.37. The molecule has 4 rings (SSSR count). The van der Waals surface area contributed by atoms with Crippen molar-refractivity contribution in [3.63, 3.8) is 0 Å². The number of carbonyl (C=O) groups is 1. The number of carboxylic acid groups (broad SMARTS) is 1. The van der Waals surface area contributed by atoms with E-state index in [0.717, 1.165) is 16.7 Å². The second-order valence-electron chi connectivity index (χ2n) is 9.20. The van der Waals surface area contributed by atoms with E-state index < -0.39 is 12.2 Å². The third kappa shape index (κ3) is 6.21. The van der Waals surface area contributed by atoms with Crippen LogP contribution in [0, 0.1) is 20.8 Å². The van der Waals surface area contributed by atoms with Gasteiger partial charge in [-0.25, -0.2) is 14.8 Å². The van der Waals surface area contributed by atoms with Crippen LogP contribution in [0.4, 0.5) is 10.6 Å². The molecule has 1 fully saturated rings. The maximum absolute atomic E-state index is 11.7. The summed E-state index contributed by atoms with van der Waals surface area (Å²) in [5.41, 5.74) is 3.65. The van der Waals surface area contributed by atoms with Crippen LogP contribution >= 0.6 is 0 Å². The number of hydrogen-bond donors (Lipinski definition) is 4. The largest absolute Gasteiger partial charge is 0.491 e. The van der Waals surface area contributed by atoms with Crippen molar-refractivity contribution in [3.8, 4) is 28.4 Å². The molecule has 0 saturated carbocycles. The Kier molecular flexibility index (Phi) is 8.77. The van der Waals surface area contributed by atoms with Crippen molar-refractivity contribution in [2.24, 2.45) is 0 Å².